The van der Waals surface area contributed by atoms with Gasteiger partial charge >= 0.3 is 0 Å². The van der Waals surface area contributed by atoms with E-state index in [-0.39, 0.29) is 5.91 Å². The van der Waals surface area contributed by atoms with E-state index in [1.807, 2.05) is 0 Å². The fourth-order valence-corrected chi connectivity index (χ4v) is 2.30. The SMILES string of the molecule is COC1CN(CCCCC(=O)NN)CCC1C. The standard InChI is InChI=1S/C12H25N3O2/c1-10-6-8-15(9-11(10)17-2)7-4-3-5-12(16)14-13/h10-11H,3-9,13H2,1-2H3,(H,14,16). The first-order valence-electron chi connectivity index (χ1n) is 6.42. The molecule has 0 aliphatic carbocycles. The molecule has 1 fully saturated rings. The molecule has 0 aromatic carbocycles. The predicted octanol–water partition coefficient (Wildman–Crippen LogP) is 0.503. The molecule has 3 N–H and O–H groups in total. The summed E-state index contributed by atoms with van der Waals surface area (Å²) >= 11 is 0. The zero-order chi connectivity index (χ0) is 12.7. The van der Waals surface area contributed by atoms with Crippen LogP contribution in [0.1, 0.15) is 32.6 Å². The Kier molecular flexibility index (Phi) is 6.47. The van der Waals surface area contributed by atoms with Crippen LogP contribution in [0.3, 0.4) is 0 Å². The number of nitrogens with zero attached hydrogens (tertiary/aromatic N) is 1. The molecular formula is C12H25N3O2. The zero-order valence-corrected chi connectivity index (χ0v) is 10.9. The van der Waals surface area contributed by atoms with E-state index in [0.29, 0.717) is 18.4 Å². The van der Waals surface area contributed by atoms with Crippen molar-refractivity contribution in [3.8, 4) is 0 Å². The van der Waals surface area contributed by atoms with Crippen LogP contribution in [0.5, 0.6) is 0 Å². The number of hydrazine groups is 1. The second kappa shape index (κ2) is 7.63. The third kappa shape index (κ3) is 5.02. The Bertz CT molecular complexity index is 236. The topological polar surface area (TPSA) is 67.6 Å². The van der Waals surface area contributed by atoms with Crippen LogP contribution in [0.4, 0.5) is 0 Å². The van der Waals surface area contributed by atoms with Gasteiger partial charge in [0.05, 0.1) is 6.10 Å². The van der Waals surface area contributed by atoms with Crippen LogP contribution in [0.2, 0.25) is 0 Å². The Morgan fingerprint density at radius 3 is 2.94 bits per heavy atom. The van der Waals surface area contributed by atoms with Crippen molar-refractivity contribution in [2.24, 2.45) is 11.8 Å². The van der Waals surface area contributed by atoms with Gasteiger partial charge in [0, 0.05) is 20.1 Å². The molecular weight excluding hydrogens is 218 g/mol. The summed E-state index contributed by atoms with van der Waals surface area (Å²) in [5.74, 6) is 5.60. The predicted molar refractivity (Wildman–Crippen MR) is 67.2 cm³/mol. The van der Waals surface area contributed by atoms with Gasteiger partial charge in [-0.3, -0.25) is 10.2 Å². The molecule has 1 aliphatic rings. The molecule has 1 saturated heterocycles. The molecule has 0 aromatic heterocycles. The number of likely N-dealkylation sites (tertiary alicyclic amines) is 1. The van der Waals surface area contributed by atoms with Gasteiger partial charge in [0.1, 0.15) is 0 Å². The maximum Gasteiger partial charge on any atom is 0.233 e. The maximum atomic E-state index is 10.9. The summed E-state index contributed by atoms with van der Waals surface area (Å²) in [5.41, 5.74) is 2.15. The molecule has 2 atom stereocenters. The van der Waals surface area contributed by atoms with E-state index in [4.69, 9.17) is 10.6 Å². The molecule has 100 valence electrons. The van der Waals surface area contributed by atoms with E-state index >= 15 is 0 Å². The normalized spacial score (nSPS) is 25.8. The number of hydrogen-bond acceptors (Lipinski definition) is 4. The molecule has 2 unspecified atom stereocenters. The van der Waals surface area contributed by atoms with Crippen LogP contribution >= 0.6 is 0 Å². The van der Waals surface area contributed by atoms with Gasteiger partial charge in [-0.1, -0.05) is 6.92 Å². The Balaban J connectivity index is 2.13. The van der Waals surface area contributed by atoms with Crippen LogP contribution < -0.4 is 11.3 Å². The molecule has 5 nitrogen and oxygen atoms in total. The molecule has 0 radical (unpaired) electrons. The number of hydrogen-bond donors (Lipinski definition) is 2. The Morgan fingerprint density at radius 2 is 2.29 bits per heavy atom. The number of nitrogens with two attached hydrogens (primary N) is 1. The molecule has 1 aliphatic heterocycles. The Hall–Kier alpha value is -0.650. The lowest BCUT2D eigenvalue weighted by atomic mass is 9.95. The highest BCUT2D eigenvalue weighted by Crippen LogP contribution is 2.19. The summed E-state index contributed by atoms with van der Waals surface area (Å²) in [5, 5.41) is 0. The molecule has 5 heteroatoms. The van der Waals surface area contributed by atoms with Crippen molar-refractivity contribution in [2.75, 3.05) is 26.7 Å². The highest BCUT2D eigenvalue weighted by molar-refractivity contribution is 5.75. The van der Waals surface area contributed by atoms with Crippen molar-refractivity contribution in [3.05, 3.63) is 0 Å². The van der Waals surface area contributed by atoms with E-state index in [2.05, 4.69) is 17.2 Å². The van der Waals surface area contributed by atoms with E-state index in [1.165, 1.54) is 6.42 Å². The molecule has 0 saturated carbocycles. The fourth-order valence-electron chi connectivity index (χ4n) is 2.30. The second-order valence-electron chi connectivity index (χ2n) is 4.87. The van der Waals surface area contributed by atoms with Gasteiger partial charge < -0.3 is 9.64 Å². The van der Waals surface area contributed by atoms with Crippen LogP contribution in [0.25, 0.3) is 0 Å². The van der Waals surface area contributed by atoms with Gasteiger partial charge in [0.25, 0.3) is 0 Å². The second-order valence-corrected chi connectivity index (χ2v) is 4.87. The zero-order valence-electron chi connectivity index (χ0n) is 10.9. The molecule has 1 heterocycles. The molecule has 0 aromatic rings. The number of ether oxygens (including phenoxy) is 1. The van der Waals surface area contributed by atoms with Crippen molar-refractivity contribution in [1.82, 2.24) is 10.3 Å². The number of methoxy groups -OCH3 is 1. The lowest BCUT2D eigenvalue weighted by Crippen LogP contribution is -2.44. The van der Waals surface area contributed by atoms with Crippen LogP contribution in [-0.2, 0) is 9.53 Å². The lowest BCUT2D eigenvalue weighted by molar-refractivity contribution is -0.121. The van der Waals surface area contributed by atoms with Crippen LogP contribution in [0, 0.1) is 5.92 Å². The number of carbonyl (C=O) groups is 1. The third-order valence-electron chi connectivity index (χ3n) is 3.57. The number of unbranched alkanes of at least 4 members (excludes halogenated alkanes) is 1. The van der Waals surface area contributed by atoms with E-state index in [1.54, 1.807) is 7.11 Å². The lowest BCUT2D eigenvalue weighted by Gasteiger charge is -2.36. The summed E-state index contributed by atoms with van der Waals surface area (Å²) in [7, 11) is 1.79. The van der Waals surface area contributed by atoms with Crippen LogP contribution in [-0.4, -0.2) is 43.7 Å². The summed E-state index contributed by atoms with van der Waals surface area (Å²) in [4.78, 5) is 13.4. The number of amides is 1. The van der Waals surface area contributed by atoms with Crippen molar-refractivity contribution in [2.45, 2.75) is 38.7 Å². The smallest absolute Gasteiger partial charge is 0.233 e. The Labute approximate surface area is 104 Å². The molecule has 0 spiro atoms. The minimum absolute atomic E-state index is 0.0768. The highest BCUT2D eigenvalue weighted by Gasteiger charge is 2.25. The summed E-state index contributed by atoms with van der Waals surface area (Å²) < 4.78 is 5.47. The molecule has 1 rings (SSSR count). The number of piperidine rings is 1. The fraction of sp³-hybridized carbons (Fsp3) is 0.917. The van der Waals surface area contributed by atoms with Crippen molar-refractivity contribution in [3.63, 3.8) is 0 Å². The number of nitrogens with one attached hydrogen (secondary N) is 1. The van der Waals surface area contributed by atoms with Gasteiger partial charge in [0.15, 0.2) is 0 Å². The van der Waals surface area contributed by atoms with Crippen molar-refractivity contribution >= 4 is 5.91 Å². The quantitative estimate of drug-likeness (QED) is 0.308. The number of rotatable bonds is 6. The average molecular weight is 243 g/mol. The Morgan fingerprint density at radius 1 is 1.53 bits per heavy atom. The van der Waals surface area contributed by atoms with Gasteiger partial charge in [0.2, 0.25) is 5.91 Å². The first-order chi connectivity index (χ1) is 8.17. The van der Waals surface area contributed by atoms with Gasteiger partial charge in [-0.15, -0.1) is 0 Å². The van der Waals surface area contributed by atoms with E-state index in [9.17, 15) is 4.79 Å². The summed E-state index contributed by atoms with van der Waals surface area (Å²) in [6.45, 7) is 5.45. The highest BCUT2D eigenvalue weighted by atomic mass is 16.5. The minimum Gasteiger partial charge on any atom is -0.380 e. The summed E-state index contributed by atoms with van der Waals surface area (Å²) in [6.07, 6.45) is 4.01. The van der Waals surface area contributed by atoms with E-state index < -0.39 is 0 Å². The first kappa shape index (κ1) is 14.4. The minimum atomic E-state index is -0.0768. The molecule has 1 amide bonds. The van der Waals surface area contributed by atoms with Gasteiger partial charge in [-0.05, 0) is 38.3 Å². The largest absolute Gasteiger partial charge is 0.380 e. The van der Waals surface area contributed by atoms with Gasteiger partial charge in [-0.2, -0.15) is 0 Å². The summed E-state index contributed by atoms with van der Waals surface area (Å²) in [6, 6.07) is 0. The van der Waals surface area contributed by atoms with Crippen molar-refractivity contribution < 1.29 is 9.53 Å². The molecule has 17 heavy (non-hydrogen) atoms. The number of carbonyl (C=O) groups excluding carboxylic acids is 1. The first-order valence-corrected chi connectivity index (χ1v) is 6.42. The monoisotopic (exact) mass is 243 g/mol. The maximum absolute atomic E-state index is 10.9. The molecule has 0 bridgehead atoms. The third-order valence-corrected chi connectivity index (χ3v) is 3.57. The van der Waals surface area contributed by atoms with Crippen LogP contribution in [0.15, 0.2) is 0 Å². The van der Waals surface area contributed by atoms with Gasteiger partial charge in [-0.25, -0.2) is 5.84 Å². The average Bonchev–Trinajstić information content (AvgIpc) is 2.36. The van der Waals surface area contributed by atoms with E-state index in [0.717, 1.165) is 32.5 Å². The van der Waals surface area contributed by atoms with Crippen molar-refractivity contribution in [1.29, 1.82) is 0 Å².